The number of carbonyl (C=O) groups excluding carboxylic acids is 1. The van der Waals surface area contributed by atoms with Gasteiger partial charge in [0.05, 0.1) is 12.1 Å². The molecule has 1 aliphatic heterocycles. The third kappa shape index (κ3) is 2.78. The Morgan fingerprint density at radius 2 is 2.09 bits per heavy atom. The Morgan fingerprint density at radius 1 is 1.27 bits per heavy atom. The number of halogens is 1. The Morgan fingerprint density at radius 3 is 2.86 bits per heavy atom. The molecule has 0 saturated carbocycles. The fourth-order valence-electron chi connectivity index (χ4n) is 2.17. The van der Waals surface area contributed by atoms with Gasteiger partial charge in [-0.05, 0) is 35.9 Å². The number of rotatable bonds is 4. The molecule has 0 atom stereocenters. The SMILES string of the molecule is COc1cc(/C=C/C(=O)c2ccccc2Cl)cc2c1OCO2. The fraction of sp³-hybridized carbons (Fsp3) is 0.118. The van der Waals surface area contributed by atoms with E-state index in [2.05, 4.69) is 0 Å². The second kappa shape index (κ2) is 6.12. The molecule has 0 saturated heterocycles. The highest BCUT2D eigenvalue weighted by atomic mass is 35.5. The first-order valence-electron chi connectivity index (χ1n) is 6.63. The van der Waals surface area contributed by atoms with E-state index in [1.807, 2.05) is 0 Å². The molecule has 0 unspecified atom stereocenters. The number of methoxy groups -OCH3 is 1. The van der Waals surface area contributed by atoms with Crippen LogP contribution in [-0.2, 0) is 0 Å². The lowest BCUT2D eigenvalue weighted by atomic mass is 10.1. The van der Waals surface area contributed by atoms with Crippen molar-refractivity contribution in [3.63, 3.8) is 0 Å². The molecule has 22 heavy (non-hydrogen) atoms. The molecule has 1 heterocycles. The molecule has 0 radical (unpaired) electrons. The summed E-state index contributed by atoms with van der Waals surface area (Å²) >= 11 is 6.01. The average Bonchev–Trinajstić information content (AvgIpc) is 3.00. The van der Waals surface area contributed by atoms with Gasteiger partial charge in [0.25, 0.3) is 0 Å². The summed E-state index contributed by atoms with van der Waals surface area (Å²) in [7, 11) is 1.56. The fourth-order valence-corrected chi connectivity index (χ4v) is 2.40. The second-order valence-corrected chi connectivity index (χ2v) is 5.04. The van der Waals surface area contributed by atoms with Crippen LogP contribution < -0.4 is 14.2 Å². The summed E-state index contributed by atoms with van der Waals surface area (Å²) in [6, 6.07) is 10.5. The van der Waals surface area contributed by atoms with E-state index in [1.54, 1.807) is 49.6 Å². The Bertz CT molecular complexity index is 752. The van der Waals surface area contributed by atoms with E-state index < -0.39 is 0 Å². The van der Waals surface area contributed by atoms with Crippen LogP contribution in [0, 0.1) is 0 Å². The first kappa shape index (κ1) is 14.5. The summed E-state index contributed by atoms with van der Waals surface area (Å²) in [5.74, 6) is 1.59. The van der Waals surface area contributed by atoms with Gasteiger partial charge in [0.15, 0.2) is 17.3 Å². The minimum absolute atomic E-state index is 0.164. The van der Waals surface area contributed by atoms with Crippen molar-refractivity contribution in [2.75, 3.05) is 13.9 Å². The minimum atomic E-state index is -0.165. The molecule has 0 aliphatic carbocycles. The van der Waals surface area contributed by atoms with E-state index in [9.17, 15) is 4.79 Å². The van der Waals surface area contributed by atoms with Crippen LogP contribution in [0.5, 0.6) is 17.2 Å². The van der Waals surface area contributed by atoms with Gasteiger partial charge in [0.1, 0.15) is 0 Å². The van der Waals surface area contributed by atoms with Crippen molar-refractivity contribution >= 4 is 23.5 Å². The van der Waals surface area contributed by atoms with Gasteiger partial charge >= 0.3 is 0 Å². The van der Waals surface area contributed by atoms with Crippen molar-refractivity contribution in [2.45, 2.75) is 0 Å². The first-order valence-corrected chi connectivity index (χ1v) is 7.01. The summed E-state index contributed by atoms with van der Waals surface area (Å²) in [6.07, 6.45) is 3.16. The number of ether oxygens (including phenoxy) is 3. The molecule has 0 spiro atoms. The van der Waals surface area contributed by atoms with Crippen LogP contribution in [0.2, 0.25) is 5.02 Å². The Kier molecular flexibility index (Phi) is 4.02. The highest BCUT2D eigenvalue weighted by Crippen LogP contribution is 2.42. The van der Waals surface area contributed by atoms with E-state index in [0.717, 1.165) is 5.56 Å². The monoisotopic (exact) mass is 316 g/mol. The highest BCUT2D eigenvalue weighted by molar-refractivity contribution is 6.34. The van der Waals surface area contributed by atoms with Gasteiger partial charge in [-0.2, -0.15) is 0 Å². The maximum absolute atomic E-state index is 12.2. The van der Waals surface area contributed by atoms with Gasteiger partial charge in [-0.15, -0.1) is 0 Å². The van der Waals surface area contributed by atoms with Crippen LogP contribution in [0.1, 0.15) is 15.9 Å². The quantitative estimate of drug-likeness (QED) is 0.632. The van der Waals surface area contributed by atoms with Gasteiger partial charge in [0.2, 0.25) is 12.5 Å². The average molecular weight is 317 g/mol. The van der Waals surface area contributed by atoms with Gasteiger partial charge in [0, 0.05) is 5.56 Å². The smallest absolute Gasteiger partial charge is 0.231 e. The van der Waals surface area contributed by atoms with Crippen molar-refractivity contribution < 1.29 is 19.0 Å². The van der Waals surface area contributed by atoms with Crippen molar-refractivity contribution in [3.8, 4) is 17.2 Å². The van der Waals surface area contributed by atoms with Crippen LogP contribution in [0.25, 0.3) is 6.08 Å². The molecule has 5 heteroatoms. The van der Waals surface area contributed by atoms with E-state index in [-0.39, 0.29) is 12.6 Å². The molecule has 0 bridgehead atoms. The normalized spacial score (nSPS) is 12.6. The van der Waals surface area contributed by atoms with Gasteiger partial charge in [-0.3, -0.25) is 4.79 Å². The lowest BCUT2D eigenvalue weighted by molar-refractivity contribution is 0.104. The van der Waals surface area contributed by atoms with E-state index >= 15 is 0 Å². The molecule has 0 fully saturated rings. The van der Waals surface area contributed by atoms with Crippen molar-refractivity contribution in [2.24, 2.45) is 0 Å². The van der Waals surface area contributed by atoms with Crippen LogP contribution in [-0.4, -0.2) is 19.7 Å². The maximum Gasteiger partial charge on any atom is 0.231 e. The molecule has 0 N–H and O–H groups in total. The van der Waals surface area contributed by atoms with Crippen LogP contribution >= 0.6 is 11.6 Å². The third-order valence-electron chi connectivity index (χ3n) is 3.25. The summed E-state index contributed by atoms with van der Waals surface area (Å²) < 4.78 is 15.9. The minimum Gasteiger partial charge on any atom is -0.493 e. The molecule has 0 amide bonds. The van der Waals surface area contributed by atoms with Crippen molar-refractivity contribution in [1.82, 2.24) is 0 Å². The highest BCUT2D eigenvalue weighted by Gasteiger charge is 2.19. The predicted octanol–water partition coefficient (Wildman–Crippen LogP) is 3.97. The Hall–Kier alpha value is -2.46. The zero-order valence-electron chi connectivity index (χ0n) is 11.8. The van der Waals surface area contributed by atoms with Crippen LogP contribution in [0.3, 0.4) is 0 Å². The first-order chi connectivity index (χ1) is 10.7. The number of fused-ring (bicyclic) bond motifs is 1. The number of hydrogen-bond acceptors (Lipinski definition) is 4. The number of carbonyl (C=O) groups is 1. The number of benzene rings is 2. The summed E-state index contributed by atoms with van der Waals surface area (Å²) in [5, 5.41) is 0.431. The number of allylic oxidation sites excluding steroid dienone is 1. The predicted molar refractivity (Wildman–Crippen MR) is 83.9 cm³/mol. The van der Waals surface area contributed by atoms with Gasteiger partial charge in [-0.1, -0.05) is 29.8 Å². The molecule has 0 aromatic heterocycles. The lowest BCUT2D eigenvalue weighted by Crippen LogP contribution is -1.94. The number of hydrogen-bond donors (Lipinski definition) is 0. The zero-order valence-corrected chi connectivity index (χ0v) is 12.6. The van der Waals surface area contributed by atoms with E-state index in [1.165, 1.54) is 6.08 Å². The molecule has 3 rings (SSSR count). The van der Waals surface area contributed by atoms with E-state index in [0.29, 0.717) is 27.8 Å². The molecular formula is C17H13ClO4. The molecular weight excluding hydrogens is 304 g/mol. The molecule has 112 valence electrons. The van der Waals surface area contributed by atoms with Crippen LogP contribution in [0.15, 0.2) is 42.5 Å². The maximum atomic E-state index is 12.2. The molecule has 2 aromatic carbocycles. The Balaban J connectivity index is 1.87. The second-order valence-electron chi connectivity index (χ2n) is 4.63. The third-order valence-corrected chi connectivity index (χ3v) is 3.58. The Labute approximate surface area is 132 Å². The molecule has 2 aromatic rings. The van der Waals surface area contributed by atoms with Crippen molar-refractivity contribution in [3.05, 3.63) is 58.6 Å². The topological polar surface area (TPSA) is 44.8 Å². The summed E-state index contributed by atoms with van der Waals surface area (Å²) in [5.41, 5.74) is 1.25. The van der Waals surface area contributed by atoms with Gasteiger partial charge < -0.3 is 14.2 Å². The summed E-state index contributed by atoms with van der Waals surface area (Å²) in [6.45, 7) is 0.164. The zero-order chi connectivity index (χ0) is 15.5. The van der Waals surface area contributed by atoms with Crippen LogP contribution in [0.4, 0.5) is 0 Å². The van der Waals surface area contributed by atoms with E-state index in [4.69, 9.17) is 25.8 Å². The molecule has 4 nitrogen and oxygen atoms in total. The largest absolute Gasteiger partial charge is 0.493 e. The molecule has 1 aliphatic rings. The van der Waals surface area contributed by atoms with Gasteiger partial charge in [-0.25, -0.2) is 0 Å². The number of ketones is 1. The summed E-state index contributed by atoms with van der Waals surface area (Å²) in [4.78, 5) is 12.2. The lowest BCUT2D eigenvalue weighted by Gasteiger charge is -2.05. The van der Waals surface area contributed by atoms with Crippen molar-refractivity contribution in [1.29, 1.82) is 0 Å². The standard InChI is InChI=1S/C17H13ClO4/c1-20-15-8-11(9-16-17(15)22-10-21-16)6-7-14(19)12-4-2-3-5-13(12)18/h2-9H,10H2,1H3/b7-6+.